The molecule has 134 valence electrons. The molecule has 1 aliphatic rings. The summed E-state index contributed by atoms with van der Waals surface area (Å²) in [5, 5.41) is 3.25. The summed E-state index contributed by atoms with van der Waals surface area (Å²) in [6.45, 7) is 3.40. The molecule has 2 aromatic rings. The summed E-state index contributed by atoms with van der Waals surface area (Å²) >= 11 is 0. The van der Waals surface area contributed by atoms with E-state index in [2.05, 4.69) is 5.32 Å². The van der Waals surface area contributed by atoms with Crippen molar-refractivity contribution in [2.45, 2.75) is 31.2 Å². The fourth-order valence-corrected chi connectivity index (χ4v) is 3.52. The van der Waals surface area contributed by atoms with Crippen molar-refractivity contribution >= 4 is 0 Å². The number of nitrogens with one attached hydrogen (secondary N) is 1. The van der Waals surface area contributed by atoms with Crippen LogP contribution in [0, 0.1) is 17.5 Å². The highest BCUT2D eigenvalue weighted by Gasteiger charge is 2.35. The molecule has 1 atom stereocenters. The van der Waals surface area contributed by atoms with E-state index in [-0.39, 0.29) is 16.8 Å². The standard InChI is InChI=1S/C20H22F3NO/c1-14(19-17(22)6-3-7-18(19)23)24-13-20(8-10-25-11-9-20)15-4-2-5-16(21)12-15/h2-7,12,14,24H,8-11,13H2,1H3. The molecule has 1 saturated heterocycles. The molecule has 1 heterocycles. The summed E-state index contributed by atoms with van der Waals surface area (Å²) < 4.78 is 47.2. The first kappa shape index (κ1) is 18.0. The molecule has 0 amide bonds. The van der Waals surface area contributed by atoms with Crippen LogP contribution in [0.1, 0.15) is 36.9 Å². The molecule has 2 nitrogen and oxygen atoms in total. The van der Waals surface area contributed by atoms with Crippen molar-refractivity contribution < 1.29 is 17.9 Å². The van der Waals surface area contributed by atoms with Gasteiger partial charge in [0, 0.05) is 36.8 Å². The zero-order valence-corrected chi connectivity index (χ0v) is 14.2. The zero-order valence-electron chi connectivity index (χ0n) is 14.2. The van der Waals surface area contributed by atoms with Crippen LogP contribution in [-0.4, -0.2) is 19.8 Å². The van der Waals surface area contributed by atoms with Crippen LogP contribution in [0.2, 0.25) is 0 Å². The number of hydrogen-bond donors (Lipinski definition) is 1. The molecule has 1 N–H and O–H groups in total. The van der Waals surface area contributed by atoms with Gasteiger partial charge in [0.25, 0.3) is 0 Å². The molecule has 1 unspecified atom stereocenters. The highest BCUT2D eigenvalue weighted by molar-refractivity contribution is 5.28. The molecule has 3 rings (SSSR count). The van der Waals surface area contributed by atoms with E-state index in [0.29, 0.717) is 19.8 Å². The third-order valence-electron chi connectivity index (χ3n) is 5.07. The number of rotatable bonds is 5. The smallest absolute Gasteiger partial charge is 0.130 e. The molecule has 0 radical (unpaired) electrons. The Morgan fingerprint density at radius 2 is 1.68 bits per heavy atom. The van der Waals surface area contributed by atoms with Crippen LogP contribution in [-0.2, 0) is 10.2 Å². The maximum atomic E-state index is 14.0. The minimum atomic E-state index is -0.563. The van der Waals surface area contributed by atoms with Crippen molar-refractivity contribution in [2.75, 3.05) is 19.8 Å². The Kier molecular flexibility index (Phi) is 5.45. The minimum Gasteiger partial charge on any atom is -0.381 e. The third-order valence-corrected chi connectivity index (χ3v) is 5.07. The van der Waals surface area contributed by atoms with E-state index in [1.165, 1.54) is 24.3 Å². The lowest BCUT2D eigenvalue weighted by molar-refractivity contribution is 0.0488. The van der Waals surface area contributed by atoms with Gasteiger partial charge in [-0.05, 0) is 49.6 Å². The lowest BCUT2D eigenvalue weighted by Gasteiger charge is -2.39. The topological polar surface area (TPSA) is 21.3 Å². The third kappa shape index (κ3) is 3.88. The average Bonchev–Trinajstić information content (AvgIpc) is 2.61. The second kappa shape index (κ2) is 7.58. The predicted molar refractivity (Wildman–Crippen MR) is 90.9 cm³/mol. The SMILES string of the molecule is CC(NCC1(c2cccc(F)c2)CCOCC1)c1c(F)cccc1F. The van der Waals surface area contributed by atoms with E-state index < -0.39 is 17.7 Å². The fourth-order valence-electron chi connectivity index (χ4n) is 3.52. The Morgan fingerprint density at radius 1 is 1.04 bits per heavy atom. The highest BCUT2D eigenvalue weighted by Crippen LogP contribution is 2.35. The van der Waals surface area contributed by atoms with Gasteiger partial charge in [0.05, 0.1) is 0 Å². The summed E-state index contributed by atoms with van der Waals surface area (Å²) in [6.07, 6.45) is 1.46. The largest absolute Gasteiger partial charge is 0.381 e. The first-order chi connectivity index (χ1) is 12.0. The molecule has 1 aliphatic heterocycles. The monoisotopic (exact) mass is 349 g/mol. The van der Waals surface area contributed by atoms with Crippen molar-refractivity contribution in [3.8, 4) is 0 Å². The van der Waals surface area contributed by atoms with Gasteiger partial charge in [-0.25, -0.2) is 13.2 Å². The maximum absolute atomic E-state index is 14.0. The van der Waals surface area contributed by atoms with Gasteiger partial charge in [-0.1, -0.05) is 18.2 Å². The van der Waals surface area contributed by atoms with Crippen LogP contribution < -0.4 is 5.32 Å². The van der Waals surface area contributed by atoms with E-state index in [1.54, 1.807) is 19.1 Å². The van der Waals surface area contributed by atoms with Gasteiger partial charge in [0.2, 0.25) is 0 Å². The van der Waals surface area contributed by atoms with E-state index in [1.807, 2.05) is 6.07 Å². The van der Waals surface area contributed by atoms with Crippen molar-refractivity contribution in [3.63, 3.8) is 0 Å². The highest BCUT2D eigenvalue weighted by atomic mass is 19.1. The average molecular weight is 349 g/mol. The quantitative estimate of drug-likeness (QED) is 0.858. The number of ether oxygens (including phenoxy) is 1. The molecule has 5 heteroatoms. The van der Waals surface area contributed by atoms with Crippen molar-refractivity contribution in [1.82, 2.24) is 5.32 Å². The van der Waals surface area contributed by atoms with Crippen molar-refractivity contribution in [2.24, 2.45) is 0 Å². The van der Waals surface area contributed by atoms with Gasteiger partial charge in [-0.2, -0.15) is 0 Å². The van der Waals surface area contributed by atoms with Crippen molar-refractivity contribution in [3.05, 3.63) is 71.0 Å². The minimum absolute atomic E-state index is 0.0314. The molecule has 2 aromatic carbocycles. The summed E-state index contributed by atoms with van der Waals surface area (Å²) in [6, 6.07) is 9.94. The lowest BCUT2D eigenvalue weighted by atomic mass is 9.74. The second-order valence-corrected chi connectivity index (χ2v) is 6.64. The normalized spacial score (nSPS) is 18.1. The molecular formula is C20H22F3NO. The second-order valence-electron chi connectivity index (χ2n) is 6.64. The van der Waals surface area contributed by atoms with Gasteiger partial charge >= 0.3 is 0 Å². The molecule has 0 bridgehead atoms. The molecule has 0 saturated carbocycles. The molecular weight excluding hydrogens is 327 g/mol. The molecule has 1 fully saturated rings. The maximum Gasteiger partial charge on any atom is 0.130 e. The molecule has 0 aliphatic carbocycles. The Hall–Kier alpha value is -1.85. The Morgan fingerprint density at radius 3 is 2.32 bits per heavy atom. The van der Waals surface area contributed by atoms with Gasteiger partial charge in [-0.15, -0.1) is 0 Å². The summed E-state index contributed by atoms with van der Waals surface area (Å²) in [7, 11) is 0. The molecule has 0 aromatic heterocycles. The van der Waals surface area contributed by atoms with E-state index >= 15 is 0 Å². The van der Waals surface area contributed by atoms with Crippen LogP contribution in [0.3, 0.4) is 0 Å². The Bertz CT molecular complexity index is 708. The Balaban J connectivity index is 1.82. The van der Waals surface area contributed by atoms with Crippen LogP contribution in [0.4, 0.5) is 13.2 Å². The number of hydrogen-bond acceptors (Lipinski definition) is 2. The lowest BCUT2D eigenvalue weighted by Crippen LogP contribution is -2.43. The van der Waals surface area contributed by atoms with Crippen LogP contribution in [0.5, 0.6) is 0 Å². The van der Waals surface area contributed by atoms with Gasteiger partial charge < -0.3 is 10.1 Å². The van der Waals surface area contributed by atoms with Gasteiger partial charge in [0.1, 0.15) is 17.5 Å². The van der Waals surface area contributed by atoms with Crippen LogP contribution >= 0.6 is 0 Å². The molecule has 25 heavy (non-hydrogen) atoms. The number of halogens is 3. The first-order valence-electron chi connectivity index (χ1n) is 8.53. The van der Waals surface area contributed by atoms with Gasteiger partial charge in [-0.3, -0.25) is 0 Å². The van der Waals surface area contributed by atoms with Crippen LogP contribution in [0.25, 0.3) is 0 Å². The van der Waals surface area contributed by atoms with E-state index in [4.69, 9.17) is 4.74 Å². The van der Waals surface area contributed by atoms with E-state index in [9.17, 15) is 13.2 Å². The van der Waals surface area contributed by atoms with Crippen molar-refractivity contribution in [1.29, 1.82) is 0 Å². The fraction of sp³-hybridized carbons (Fsp3) is 0.400. The first-order valence-corrected chi connectivity index (χ1v) is 8.53. The van der Waals surface area contributed by atoms with Crippen LogP contribution in [0.15, 0.2) is 42.5 Å². The van der Waals surface area contributed by atoms with E-state index in [0.717, 1.165) is 18.4 Å². The number of benzene rings is 2. The summed E-state index contributed by atoms with van der Waals surface area (Å²) in [5.41, 5.74) is 0.615. The summed E-state index contributed by atoms with van der Waals surface area (Å²) in [5.74, 6) is -1.41. The molecule has 0 spiro atoms. The van der Waals surface area contributed by atoms with Gasteiger partial charge in [0.15, 0.2) is 0 Å². The zero-order chi connectivity index (χ0) is 17.9. The predicted octanol–water partition coefficient (Wildman–Crippen LogP) is 4.50. The summed E-state index contributed by atoms with van der Waals surface area (Å²) in [4.78, 5) is 0. The Labute approximate surface area is 146 Å².